The van der Waals surface area contributed by atoms with Gasteiger partial charge in [0.05, 0.1) is 0 Å². The van der Waals surface area contributed by atoms with Gasteiger partial charge < -0.3 is 0 Å². The Balaban J connectivity index is -0.000000167. The molecule has 69 heavy (non-hydrogen) atoms. The van der Waals surface area contributed by atoms with Crippen LogP contribution in [0.3, 0.4) is 0 Å². The second-order valence-corrected chi connectivity index (χ2v) is 25.3. The summed E-state index contributed by atoms with van der Waals surface area (Å²) in [5, 5.41) is 0. The minimum absolute atomic E-state index is 0.851. The zero-order chi connectivity index (χ0) is 55.5. The third-order valence-corrected chi connectivity index (χ3v) is 14.5. The zero-order valence-electron chi connectivity index (χ0n) is 55.5. The van der Waals surface area contributed by atoms with Crippen LogP contribution in [-0.4, -0.2) is 0 Å². The van der Waals surface area contributed by atoms with Crippen LogP contribution in [0.25, 0.3) is 0 Å². The Kier molecular flexibility index (Phi) is 72.8. The Morgan fingerprint density at radius 1 is 0.188 bits per heavy atom. The predicted molar refractivity (Wildman–Crippen MR) is 332 cm³/mol. The summed E-state index contributed by atoms with van der Waals surface area (Å²) in [6.45, 7) is 68.9. The van der Waals surface area contributed by atoms with E-state index in [0.717, 1.165) is 94.7 Å². The van der Waals surface area contributed by atoms with E-state index in [4.69, 9.17) is 0 Å². The quantitative estimate of drug-likeness (QED) is 0.0549. The molecule has 12 unspecified atom stereocenters. The lowest BCUT2D eigenvalue weighted by Crippen LogP contribution is -2.12. The summed E-state index contributed by atoms with van der Waals surface area (Å²) in [5.74, 6) is 14.3. The molecule has 12 atom stereocenters. The third-order valence-electron chi connectivity index (χ3n) is 14.5. The maximum atomic E-state index is 2.50. The van der Waals surface area contributed by atoms with E-state index in [9.17, 15) is 0 Å². The first-order valence-corrected chi connectivity index (χ1v) is 32.4. The molecule has 0 heteroatoms. The summed E-state index contributed by atoms with van der Waals surface area (Å²) in [4.78, 5) is 0. The SMILES string of the molecule is CC.CC.CC.CC.CC(C)CC(C)CC(C)C.CCC(C)CC(C)CC(C)CC(C)CC(C)CCCC(C)CC(C)CC(C)C.CCCCCCCC(C)CC(C)CC(C)CC(C)CC(C)CC. The van der Waals surface area contributed by atoms with E-state index < -0.39 is 0 Å². The highest BCUT2D eigenvalue weighted by Crippen LogP contribution is 2.31. The van der Waals surface area contributed by atoms with Crippen LogP contribution in [0.2, 0.25) is 0 Å². The highest BCUT2D eigenvalue weighted by atomic mass is 14.2. The van der Waals surface area contributed by atoms with E-state index in [2.05, 4.69) is 152 Å². The predicted octanol–water partition coefficient (Wildman–Crippen LogP) is 26.3. The summed E-state index contributed by atoms with van der Waals surface area (Å²) < 4.78 is 0. The molecule has 0 nitrogen and oxygen atoms in total. The molecule has 0 aliphatic heterocycles. The van der Waals surface area contributed by atoms with Gasteiger partial charge in [-0.3, -0.25) is 0 Å². The van der Waals surface area contributed by atoms with Crippen molar-refractivity contribution in [2.45, 2.75) is 355 Å². The molecule has 0 N–H and O–H groups in total. The van der Waals surface area contributed by atoms with Gasteiger partial charge in [-0.1, -0.05) is 278 Å². The maximum absolute atomic E-state index is 2.50. The molecule has 0 aliphatic carbocycles. The summed E-state index contributed by atoms with van der Waals surface area (Å²) >= 11 is 0. The standard InChI is InChI=1S/C28H58.C23H48.C10H22.4C2H6/c1-11-22(4)16-26(8)19-28(10)20-27(9)18-24(6)14-12-13-23(5)17-25(7)15-21(2)3;1-8-10-11-12-13-14-20(4)16-22(6)18-23(7)17-21(5)15-19(3)9-2;1-8(2)6-10(5)7-9(3)4;4*1-2/h21-28H,11-20H2,1-10H3;19-23H,8-18H2,1-7H3;8-10H,6-7H2,1-5H3;4*1-2H3. The summed E-state index contributed by atoms with van der Waals surface area (Å²) in [7, 11) is 0. The van der Waals surface area contributed by atoms with Gasteiger partial charge in [0.2, 0.25) is 0 Å². The average Bonchev–Trinajstić information content (AvgIpc) is 3.25. The fourth-order valence-electron chi connectivity index (χ4n) is 12.0. The van der Waals surface area contributed by atoms with Gasteiger partial charge >= 0.3 is 0 Å². The van der Waals surface area contributed by atoms with E-state index in [1.165, 1.54) is 148 Å². The second kappa shape index (κ2) is 60.6. The number of rotatable bonds is 36. The Bertz CT molecular complexity index is 857. The largest absolute Gasteiger partial charge is 0.0683 e. The molecule has 0 aromatic rings. The molecule has 0 fully saturated rings. The van der Waals surface area contributed by atoms with Crippen LogP contribution in [0, 0.1) is 94.7 Å². The van der Waals surface area contributed by atoms with Gasteiger partial charge in [-0.25, -0.2) is 0 Å². The Labute approximate surface area is 448 Å². The van der Waals surface area contributed by atoms with Crippen LogP contribution in [0.1, 0.15) is 355 Å². The van der Waals surface area contributed by atoms with Gasteiger partial charge in [0, 0.05) is 0 Å². The normalized spacial score (nSPS) is 16.3. The highest BCUT2D eigenvalue weighted by Gasteiger charge is 2.18. The van der Waals surface area contributed by atoms with Crippen LogP contribution in [0.15, 0.2) is 0 Å². The smallest absolute Gasteiger partial charge is 0.0438 e. The summed E-state index contributed by atoms with van der Waals surface area (Å²) in [5.41, 5.74) is 0. The van der Waals surface area contributed by atoms with Crippen molar-refractivity contribution in [2.75, 3.05) is 0 Å². The molecular weight excluding hydrogens is 829 g/mol. The van der Waals surface area contributed by atoms with Crippen molar-refractivity contribution in [3.8, 4) is 0 Å². The van der Waals surface area contributed by atoms with Crippen molar-refractivity contribution >= 4 is 0 Å². The molecule has 428 valence electrons. The van der Waals surface area contributed by atoms with Crippen molar-refractivity contribution in [3.05, 3.63) is 0 Å². The third kappa shape index (κ3) is 70.1. The van der Waals surface area contributed by atoms with Gasteiger partial charge in [-0.2, -0.15) is 0 Å². The maximum Gasteiger partial charge on any atom is -0.0438 e. The highest BCUT2D eigenvalue weighted by molar-refractivity contribution is 4.70. The Hall–Kier alpha value is 0. The van der Waals surface area contributed by atoms with E-state index in [-0.39, 0.29) is 0 Å². The first kappa shape index (κ1) is 83.0. The van der Waals surface area contributed by atoms with Crippen molar-refractivity contribution in [2.24, 2.45) is 94.7 Å². The molecule has 0 aromatic heterocycles. The monoisotopic (exact) mass is 981 g/mol. The summed E-state index contributed by atoms with van der Waals surface area (Å²) in [6, 6.07) is 0. The van der Waals surface area contributed by atoms with Gasteiger partial charge in [0.15, 0.2) is 0 Å². The lowest BCUT2D eigenvalue weighted by Gasteiger charge is -2.24. The Morgan fingerprint density at radius 3 is 0.609 bits per heavy atom. The lowest BCUT2D eigenvalue weighted by molar-refractivity contribution is 0.276. The average molecular weight is 982 g/mol. The Morgan fingerprint density at radius 2 is 0.377 bits per heavy atom. The molecule has 0 amide bonds. The minimum atomic E-state index is 0.851. The van der Waals surface area contributed by atoms with E-state index >= 15 is 0 Å². The van der Waals surface area contributed by atoms with Crippen LogP contribution < -0.4 is 0 Å². The molecule has 0 aliphatic rings. The topological polar surface area (TPSA) is 0 Å². The van der Waals surface area contributed by atoms with E-state index in [1.54, 1.807) is 0 Å². The van der Waals surface area contributed by atoms with Gasteiger partial charge in [0.1, 0.15) is 0 Å². The molecule has 0 saturated carbocycles. The molecule has 0 spiro atoms. The van der Waals surface area contributed by atoms with Crippen LogP contribution in [-0.2, 0) is 0 Å². The lowest BCUT2D eigenvalue weighted by atomic mass is 9.82. The number of unbranched alkanes of at least 4 members (excludes halogenated alkanes) is 4. The van der Waals surface area contributed by atoms with Crippen LogP contribution >= 0.6 is 0 Å². The van der Waals surface area contributed by atoms with Crippen molar-refractivity contribution < 1.29 is 0 Å². The number of hydrogen-bond donors (Lipinski definition) is 0. The van der Waals surface area contributed by atoms with E-state index in [0.29, 0.717) is 0 Å². The van der Waals surface area contributed by atoms with Crippen LogP contribution in [0.4, 0.5) is 0 Å². The molecular formula is C69H152. The first-order chi connectivity index (χ1) is 32.4. The fourth-order valence-corrected chi connectivity index (χ4v) is 12.0. The number of hydrogen-bond acceptors (Lipinski definition) is 0. The summed E-state index contributed by atoms with van der Waals surface area (Å²) in [6.07, 6.45) is 32.6. The van der Waals surface area contributed by atoms with Gasteiger partial charge in [0.25, 0.3) is 0 Å². The first-order valence-electron chi connectivity index (χ1n) is 32.4. The molecule has 0 rings (SSSR count). The van der Waals surface area contributed by atoms with Crippen molar-refractivity contribution in [1.29, 1.82) is 0 Å². The zero-order valence-corrected chi connectivity index (χ0v) is 55.5. The molecule has 0 aromatic carbocycles. The second-order valence-electron chi connectivity index (χ2n) is 25.3. The van der Waals surface area contributed by atoms with Crippen molar-refractivity contribution in [3.63, 3.8) is 0 Å². The molecule has 0 heterocycles. The van der Waals surface area contributed by atoms with Gasteiger partial charge in [-0.15, -0.1) is 0 Å². The molecule has 0 radical (unpaired) electrons. The van der Waals surface area contributed by atoms with Crippen molar-refractivity contribution in [1.82, 2.24) is 0 Å². The minimum Gasteiger partial charge on any atom is -0.0683 e. The molecule has 0 bridgehead atoms. The van der Waals surface area contributed by atoms with Crippen LogP contribution in [0.5, 0.6) is 0 Å². The van der Waals surface area contributed by atoms with E-state index in [1.807, 2.05) is 55.4 Å². The van der Waals surface area contributed by atoms with Gasteiger partial charge in [-0.05, 0) is 172 Å². The fraction of sp³-hybridized carbons (Fsp3) is 1.00. The molecule has 0 saturated heterocycles.